The molecular formula is C27H31F3N4OS2. The lowest BCUT2D eigenvalue weighted by atomic mass is 9.95. The second kappa shape index (κ2) is 12.1. The molecule has 0 radical (unpaired) electrons. The van der Waals surface area contributed by atoms with E-state index in [-0.39, 0.29) is 17.7 Å². The Labute approximate surface area is 223 Å². The normalized spacial score (nSPS) is 13.1. The Morgan fingerprint density at radius 3 is 2.22 bits per heavy atom. The predicted molar refractivity (Wildman–Crippen MR) is 147 cm³/mol. The summed E-state index contributed by atoms with van der Waals surface area (Å²) in [5.74, 6) is 5.96. The molecule has 1 atom stereocenters. The van der Waals surface area contributed by atoms with E-state index >= 15 is 0 Å². The van der Waals surface area contributed by atoms with Crippen LogP contribution in [0.5, 0.6) is 0 Å². The number of hydrogen-bond donors (Lipinski definition) is 3. The molecule has 3 rings (SSSR count). The van der Waals surface area contributed by atoms with Crippen LogP contribution in [-0.2, 0) is 6.18 Å². The second-order valence-electron chi connectivity index (χ2n) is 8.99. The number of halogens is 3. The van der Waals surface area contributed by atoms with Crippen molar-refractivity contribution in [2.75, 3.05) is 13.6 Å². The summed E-state index contributed by atoms with van der Waals surface area (Å²) in [5.41, 5.74) is 5.49. The van der Waals surface area contributed by atoms with E-state index in [0.717, 1.165) is 44.2 Å². The Balaban J connectivity index is 1.80. The number of benzene rings is 2. The summed E-state index contributed by atoms with van der Waals surface area (Å²) in [5, 5.41) is 2.94. The lowest BCUT2D eigenvalue weighted by Gasteiger charge is -2.21. The molecule has 198 valence electrons. The fourth-order valence-corrected chi connectivity index (χ4v) is 6.63. The number of aliphatic imine (C=N–C) groups is 1. The zero-order valence-electron chi connectivity index (χ0n) is 21.4. The fourth-order valence-electron chi connectivity index (χ4n) is 4.02. The van der Waals surface area contributed by atoms with Crippen molar-refractivity contribution in [3.63, 3.8) is 0 Å². The van der Waals surface area contributed by atoms with E-state index in [0.29, 0.717) is 16.6 Å². The van der Waals surface area contributed by atoms with Crippen LogP contribution in [0.4, 0.5) is 13.2 Å². The summed E-state index contributed by atoms with van der Waals surface area (Å²) in [6.07, 6.45) is -4.36. The summed E-state index contributed by atoms with van der Waals surface area (Å²) in [7, 11) is 1.59. The number of hydrogen-bond acceptors (Lipinski definition) is 5. The number of alkyl halides is 3. The number of amides is 1. The summed E-state index contributed by atoms with van der Waals surface area (Å²) in [6, 6.07) is 13.3. The van der Waals surface area contributed by atoms with Crippen LogP contribution in [0.1, 0.15) is 50.3 Å². The molecule has 0 saturated heterocycles. The number of rotatable bonds is 8. The highest BCUT2D eigenvalue weighted by molar-refractivity contribution is 7.99. The van der Waals surface area contributed by atoms with Gasteiger partial charge in [0.25, 0.3) is 5.91 Å². The average molecular weight is 549 g/mol. The summed E-state index contributed by atoms with van der Waals surface area (Å²) in [6.45, 7) is 8.46. The van der Waals surface area contributed by atoms with Gasteiger partial charge in [0.2, 0.25) is 0 Å². The van der Waals surface area contributed by atoms with E-state index < -0.39 is 11.7 Å². The number of nitrogens with one attached hydrogen (secondary N) is 2. The minimum absolute atomic E-state index is 0.126. The predicted octanol–water partition coefficient (Wildman–Crippen LogP) is 6.76. The van der Waals surface area contributed by atoms with Gasteiger partial charge >= 0.3 is 6.18 Å². The van der Waals surface area contributed by atoms with Crippen molar-refractivity contribution in [2.24, 2.45) is 16.8 Å². The van der Waals surface area contributed by atoms with Gasteiger partial charge in [-0.15, -0.1) is 23.1 Å². The van der Waals surface area contributed by atoms with Crippen LogP contribution in [0.2, 0.25) is 0 Å². The summed E-state index contributed by atoms with van der Waals surface area (Å²) < 4.78 is 38.9. The lowest BCUT2D eigenvalue weighted by Crippen LogP contribution is -2.40. The Morgan fingerprint density at radius 1 is 1.08 bits per heavy atom. The minimum Gasteiger partial charge on any atom is -0.344 e. The van der Waals surface area contributed by atoms with Crippen molar-refractivity contribution in [2.45, 2.75) is 44.0 Å². The SMILES string of the molecule is CN=C(CNC(=O)c1ccc(C(Sc2cc(C)c(-c3ccc(C(F)(F)F)cc3)c(C)c2)C(C)C)s1)NN. The first-order chi connectivity index (χ1) is 17.4. The van der Waals surface area contributed by atoms with E-state index in [1.807, 2.05) is 26.0 Å². The number of carbonyl (C=O) groups is 1. The first-order valence-corrected chi connectivity index (χ1v) is 13.4. The molecule has 1 unspecified atom stereocenters. The smallest absolute Gasteiger partial charge is 0.344 e. The van der Waals surface area contributed by atoms with Crippen LogP contribution in [0.3, 0.4) is 0 Å². The van der Waals surface area contributed by atoms with Gasteiger partial charge in [-0.1, -0.05) is 26.0 Å². The van der Waals surface area contributed by atoms with Crippen molar-refractivity contribution >= 4 is 34.8 Å². The molecule has 0 fully saturated rings. The Hall–Kier alpha value is -2.82. The van der Waals surface area contributed by atoms with Crippen LogP contribution < -0.4 is 16.6 Å². The molecule has 0 aliphatic heterocycles. The summed E-state index contributed by atoms with van der Waals surface area (Å²) >= 11 is 3.18. The van der Waals surface area contributed by atoms with Gasteiger partial charge in [0.1, 0.15) is 5.84 Å². The highest BCUT2D eigenvalue weighted by Crippen LogP contribution is 2.45. The van der Waals surface area contributed by atoms with Gasteiger partial charge in [-0.05, 0) is 78.4 Å². The number of carbonyl (C=O) groups excluding carboxylic acids is 1. The van der Waals surface area contributed by atoms with Crippen LogP contribution in [0.15, 0.2) is 58.4 Å². The first kappa shape index (κ1) is 28.7. The van der Waals surface area contributed by atoms with Gasteiger partial charge < -0.3 is 10.7 Å². The van der Waals surface area contributed by atoms with E-state index in [2.05, 4.69) is 41.7 Å². The van der Waals surface area contributed by atoms with E-state index in [9.17, 15) is 18.0 Å². The zero-order valence-corrected chi connectivity index (χ0v) is 23.0. The van der Waals surface area contributed by atoms with Gasteiger partial charge in [-0.2, -0.15) is 13.2 Å². The van der Waals surface area contributed by atoms with Gasteiger partial charge in [-0.3, -0.25) is 9.79 Å². The number of hydrazine groups is 1. The number of amidine groups is 1. The fraction of sp³-hybridized carbons (Fsp3) is 0.333. The van der Waals surface area contributed by atoms with E-state index in [1.165, 1.54) is 23.5 Å². The van der Waals surface area contributed by atoms with Crippen molar-refractivity contribution in [1.29, 1.82) is 0 Å². The number of nitrogens with zero attached hydrogens (tertiary/aromatic N) is 1. The van der Waals surface area contributed by atoms with Gasteiger partial charge in [0, 0.05) is 22.1 Å². The van der Waals surface area contributed by atoms with Crippen molar-refractivity contribution in [1.82, 2.24) is 10.7 Å². The van der Waals surface area contributed by atoms with E-state index in [1.54, 1.807) is 18.8 Å². The molecule has 1 aromatic heterocycles. The molecule has 0 bridgehead atoms. The zero-order chi connectivity index (χ0) is 27.3. The standard InChI is InChI=1S/C27H31F3N4OS2/c1-15(2)25(21-10-11-22(37-21)26(35)33-14-23(32-5)34-31)36-20-12-16(3)24(17(4)13-20)18-6-8-19(9-7-18)27(28,29)30/h6-13,15,25H,14,31H2,1-5H3,(H,32,34)(H,33,35). The molecule has 1 amide bonds. The largest absolute Gasteiger partial charge is 0.416 e. The Morgan fingerprint density at radius 2 is 1.70 bits per heavy atom. The minimum atomic E-state index is -4.36. The Kier molecular flexibility index (Phi) is 9.44. The molecule has 0 saturated carbocycles. The third kappa shape index (κ3) is 7.15. The lowest BCUT2D eigenvalue weighted by molar-refractivity contribution is -0.137. The molecule has 0 aliphatic rings. The quantitative estimate of drug-likeness (QED) is 0.0955. The van der Waals surface area contributed by atoms with Crippen LogP contribution in [-0.4, -0.2) is 25.3 Å². The molecule has 0 spiro atoms. The molecule has 4 N–H and O–H groups in total. The van der Waals surface area contributed by atoms with Gasteiger partial charge in [0.05, 0.1) is 17.0 Å². The van der Waals surface area contributed by atoms with Gasteiger partial charge in [-0.25, -0.2) is 5.84 Å². The number of aryl methyl sites for hydroxylation is 2. The highest BCUT2D eigenvalue weighted by atomic mass is 32.2. The molecule has 37 heavy (non-hydrogen) atoms. The Bertz CT molecular complexity index is 1240. The molecular weight excluding hydrogens is 517 g/mol. The maximum Gasteiger partial charge on any atom is 0.416 e. The maximum absolute atomic E-state index is 13.0. The number of thiophene rings is 1. The third-order valence-electron chi connectivity index (χ3n) is 5.86. The number of thioether (sulfide) groups is 1. The molecule has 0 aliphatic carbocycles. The van der Waals surface area contributed by atoms with Crippen LogP contribution in [0.25, 0.3) is 11.1 Å². The molecule has 5 nitrogen and oxygen atoms in total. The van der Waals surface area contributed by atoms with Crippen LogP contribution >= 0.6 is 23.1 Å². The van der Waals surface area contributed by atoms with Crippen LogP contribution in [0, 0.1) is 19.8 Å². The molecule has 10 heteroatoms. The maximum atomic E-state index is 13.0. The van der Waals surface area contributed by atoms with E-state index in [4.69, 9.17) is 5.84 Å². The first-order valence-electron chi connectivity index (χ1n) is 11.7. The monoisotopic (exact) mass is 548 g/mol. The van der Waals surface area contributed by atoms with Gasteiger partial charge in [0.15, 0.2) is 0 Å². The molecule has 3 aromatic rings. The van der Waals surface area contributed by atoms with Crippen molar-refractivity contribution in [3.05, 3.63) is 75.0 Å². The van der Waals surface area contributed by atoms with Crippen molar-refractivity contribution in [3.8, 4) is 11.1 Å². The number of nitrogens with two attached hydrogens (primary N) is 1. The molecule has 2 aromatic carbocycles. The van der Waals surface area contributed by atoms with Crippen molar-refractivity contribution < 1.29 is 18.0 Å². The molecule has 1 heterocycles. The highest BCUT2D eigenvalue weighted by Gasteiger charge is 2.30. The third-order valence-corrected chi connectivity index (χ3v) is 8.74. The topological polar surface area (TPSA) is 79.5 Å². The average Bonchev–Trinajstić information content (AvgIpc) is 3.32. The summed E-state index contributed by atoms with van der Waals surface area (Å²) in [4.78, 5) is 19.3. The second-order valence-corrected chi connectivity index (χ2v) is 11.3.